The Labute approximate surface area is 124 Å². The summed E-state index contributed by atoms with van der Waals surface area (Å²) in [7, 11) is 0. The molecule has 2 rings (SSSR count). The van der Waals surface area contributed by atoms with Gasteiger partial charge in [0.25, 0.3) is 0 Å². The van der Waals surface area contributed by atoms with Crippen LogP contribution in [0.2, 0.25) is 0 Å². The van der Waals surface area contributed by atoms with Gasteiger partial charge in [-0.25, -0.2) is 4.79 Å². The average molecular weight is 285 g/mol. The number of carboxylic acids is 1. The lowest BCUT2D eigenvalue weighted by Crippen LogP contribution is -2.02. The van der Waals surface area contributed by atoms with Crippen LogP contribution in [0.3, 0.4) is 0 Å². The molecule has 0 aliphatic rings. The molecule has 0 aliphatic heterocycles. The first-order valence-corrected chi connectivity index (χ1v) is 6.99. The van der Waals surface area contributed by atoms with E-state index in [2.05, 4.69) is 6.92 Å². The first-order chi connectivity index (χ1) is 10.1. The molecule has 0 atom stereocenters. The molecule has 0 aliphatic carbocycles. The molecule has 4 nitrogen and oxygen atoms in total. The van der Waals surface area contributed by atoms with E-state index in [1.807, 2.05) is 24.3 Å². The van der Waals surface area contributed by atoms with Crippen LogP contribution in [0.4, 0.5) is 5.69 Å². The number of carboxylic acid groups (broad SMARTS) is 1. The summed E-state index contributed by atoms with van der Waals surface area (Å²) in [6.07, 6.45) is 3.39. The maximum Gasteiger partial charge on any atom is 0.337 e. The molecular weight excluding hydrogens is 266 g/mol. The fourth-order valence-electron chi connectivity index (χ4n) is 2.03. The Morgan fingerprint density at radius 2 is 1.81 bits per heavy atom. The number of ether oxygens (including phenoxy) is 1. The normalized spacial score (nSPS) is 10.3. The zero-order chi connectivity index (χ0) is 15.2. The molecule has 0 unspecified atom stereocenters. The van der Waals surface area contributed by atoms with Crippen LogP contribution >= 0.6 is 0 Å². The molecule has 0 saturated carbocycles. The molecule has 0 fully saturated rings. The molecule has 0 heterocycles. The van der Waals surface area contributed by atoms with Crippen LogP contribution in [0.1, 0.15) is 35.7 Å². The van der Waals surface area contributed by atoms with E-state index in [1.54, 1.807) is 6.07 Å². The zero-order valence-corrected chi connectivity index (χ0v) is 12.0. The number of unbranched alkanes of at least 4 members (excludes halogenated alkanes) is 1. The van der Waals surface area contributed by atoms with Gasteiger partial charge in [-0.2, -0.15) is 0 Å². The summed E-state index contributed by atoms with van der Waals surface area (Å²) in [5.74, 6) is 0.0760. The van der Waals surface area contributed by atoms with Gasteiger partial charge in [-0.3, -0.25) is 0 Å². The summed E-state index contributed by atoms with van der Waals surface area (Å²) >= 11 is 0. The first-order valence-electron chi connectivity index (χ1n) is 6.99. The van der Waals surface area contributed by atoms with Crippen molar-refractivity contribution in [3.63, 3.8) is 0 Å². The van der Waals surface area contributed by atoms with E-state index in [0.717, 1.165) is 6.42 Å². The van der Waals surface area contributed by atoms with Crippen molar-refractivity contribution in [3.05, 3.63) is 53.6 Å². The number of hydrogen-bond donors (Lipinski definition) is 2. The van der Waals surface area contributed by atoms with E-state index in [1.165, 1.54) is 30.5 Å². The van der Waals surface area contributed by atoms with Crippen LogP contribution < -0.4 is 10.5 Å². The van der Waals surface area contributed by atoms with Gasteiger partial charge in [-0.05, 0) is 48.7 Å². The lowest BCUT2D eigenvalue weighted by molar-refractivity contribution is 0.0697. The van der Waals surface area contributed by atoms with Crippen LogP contribution in [0.5, 0.6) is 11.5 Å². The molecule has 0 radical (unpaired) electrons. The van der Waals surface area contributed by atoms with E-state index >= 15 is 0 Å². The smallest absolute Gasteiger partial charge is 0.337 e. The Balaban J connectivity index is 2.11. The van der Waals surface area contributed by atoms with Crippen molar-refractivity contribution in [2.75, 3.05) is 5.73 Å². The number of aryl methyl sites for hydroxylation is 1. The molecule has 0 amide bonds. The summed E-state index contributed by atoms with van der Waals surface area (Å²) in [5, 5.41) is 9.04. The Morgan fingerprint density at radius 1 is 1.14 bits per heavy atom. The second-order valence-corrected chi connectivity index (χ2v) is 4.90. The maximum atomic E-state index is 11.0. The van der Waals surface area contributed by atoms with Crippen LogP contribution in [-0.2, 0) is 6.42 Å². The highest BCUT2D eigenvalue weighted by atomic mass is 16.5. The number of anilines is 1. The molecule has 0 spiro atoms. The summed E-state index contributed by atoms with van der Waals surface area (Å²) in [6, 6.07) is 12.5. The summed E-state index contributed by atoms with van der Waals surface area (Å²) in [6.45, 7) is 2.17. The Hall–Kier alpha value is -2.49. The number of rotatable bonds is 6. The van der Waals surface area contributed by atoms with E-state index in [4.69, 9.17) is 15.6 Å². The third-order valence-electron chi connectivity index (χ3n) is 3.23. The molecule has 110 valence electrons. The third-order valence-corrected chi connectivity index (χ3v) is 3.23. The molecule has 0 aromatic heterocycles. The van der Waals surface area contributed by atoms with Crippen molar-refractivity contribution >= 4 is 11.7 Å². The SMILES string of the molecule is CCCCc1ccc(Oc2ccc(N)c(C(=O)O)c2)cc1. The topological polar surface area (TPSA) is 72.5 Å². The summed E-state index contributed by atoms with van der Waals surface area (Å²) in [4.78, 5) is 11.0. The van der Waals surface area contributed by atoms with E-state index in [-0.39, 0.29) is 11.3 Å². The van der Waals surface area contributed by atoms with Crippen molar-refractivity contribution < 1.29 is 14.6 Å². The zero-order valence-electron chi connectivity index (χ0n) is 12.0. The Kier molecular flexibility index (Phi) is 4.82. The molecule has 4 heteroatoms. The molecule has 3 N–H and O–H groups in total. The monoisotopic (exact) mass is 285 g/mol. The molecule has 0 saturated heterocycles. The van der Waals surface area contributed by atoms with Crippen LogP contribution in [0.15, 0.2) is 42.5 Å². The third kappa shape index (κ3) is 3.99. The van der Waals surface area contributed by atoms with Gasteiger partial charge >= 0.3 is 5.97 Å². The minimum Gasteiger partial charge on any atom is -0.478 e. The van der Waals surface area contributed by atoms with Crippen molar-refractivity contribution in [3.8, 4) is 11.5 Å². The second-order valence-electron chi connectivity index (χ2n) is 4.90. The first kappa shape index (κ1) is 14.9. The average Bonchev–Trinajstić information content (AvgIpc) is 2.48. The number of nitrogen functional groups attached to an aromatic ring is 1. The van der Waals surface area contributed by atoms with Crippen molar-refractivity contribution in [2.45, 2.75) is 26.2 Å². The number of nitrogens with two attached hydrogens (primary N) is 1. The van der Waals surface area contributed by atoms with Crippen molar-refractivity contribution in [1.29, 1.82) is 0 Å². The fraction of sp³-hybridized carbons (Fsp3) is 0.235. The Bertz CT molecular complexity index is 620. The molecule has 0 bridgehead atoms. The van der Waals surface area contributed by atoms with Crippen LogP contribution in [0, 0.1) is 0 Å². The predicted molar refractivity (Wildman–Crippen MR) is 82.9 cm³/mol. The highest BCUT2D eigenvalue weighted by molar-refractivity contribution is 5.94. The van der Waals surface area contributed by atoms with Gasteiger partial charge in [0, 0.05) is 5.69 Å². The minimum atomic E-state index is -1.06. The number of aromatic carboxylic acids is 1. The minimum absolute atomic E-state index is 0.0482. The van der Waals surface area contributed by atoms with Gasteiger partial charge in [0.1, 0.15) is 11.5 Å². The number of carbonyl (C=O) groups is 1. The van der Waals surface area contributed by atoms with Gasteiger partial charge in [0.15, 0.2) is 0 Å². The highest BCUT2D eigenvalue weighted by Crippen LogP contribution is 2.25. The fourth-order valence-corrected chi connectivity index (χ4v) is 2.03. The standard InChI is InChI=1S/C17H19NO3/c1-2-3-4-12-5-7-13(8-6-12)21-14-9-10-16(18)15(11-14)17(19)20/h5-11H,2-4,18H2,1H3,(H,19,20). The Morgan fingerprint density at radius 3 is 2.43 bits per heavy atom. The van der Waals surface area contributed by atoms with E-state index in [0.29, 0.717) is 11.5 Å². The van der Waals surface area contributed by atoms with Gasteiger partial charge in [-0.1, -0.05) is 25.5 Å². The number of benzene rings is 2. The van der Waals surface area contributed by atoms with Crippen LogP contribution in [-0.4, -0.2) is 11.1 Å². The van der Waals surface area contributed by atoms with Gasteiger partial charge in [0.2, 0.25) is 0 Å². The molecule has 2 aromatic rings. The van der Waals surface area contributed by atoms with Crippen LogP contribution in [0.25, 0.3) is 0 Å². The van der Waals surface area contributed by atoms with E-state index in [9.17, 15) is 4.79 Å². The summed E-state index contributed by atoms with van der Waals surface area (Å²) < 4.78 is 5.66. The summed E-state index contributed by atoms with van der Waals surface area (Å²) in [5.41, 5.74) is 7.16. The van der Waals surface area contributed by atoms with Gasteiger partial charge in [0.05, 0.1) is 5.56 Å². The largest absolute Gasteiger partial charge is 0.478 e. The highest BCUT2D eigenvalue weighted by Gasteiger charge is 2.09. The van der Waals surface area contributed by atoms with Crippen molar-refractivity contribution in [2.24, 2.45) is 0 Å². The predicted octanol–water partition coefficient (Wildman–Crippen LogP) is 4.10. The lowest BCUT2D eigenvalue weighted by atomic mass is 10.1. The van der Waals surface area contributed by atoms with Gasteiger partial charge < -0.3 is 15.6 Å². The molecule has 21 heavy (non-hydrogen) atoms. The van der Waals surface area contributed by atoms with Crippen molar-refractivity contribution in [1.82, 2.24) is 0 Å². The second kappa shape index (κ2) is 6.79. The number of hydrogen-bond acceptors (Lipinski definition) is 3. The molecule has 2 aromatic carbocycles. The van der Waals surface area contributed by atoms with E-state index < -0.39 is 5.97 Å². The quantitative estimate of drug-likeness (QED) is 0.784. The van der Waals surface area contributed by atoms with Gasteiger partial charge in [-0.15, -0.1) is 0 Å². The lowest BCUT2D eigenvalue weighted by Gasteiger charge is -2.08. The molecular formula is C17H19NO3. The maximum absolute atomic E-state index is 11.0.